The van der Waals surface area contributed by atoms with E-state index >= 15 is 0 Å². The van der Waals surface area contributed by atoms with Gasteiger partial charge >= 0.3 is 0 Å². The van der Waals surface area contributed by atoms with Crippen molar-refractivity contribution in [3.63, 3.8) is 0 Å². The van der Waals surface area contributed by atoms with Crippen molar-refractivity contribution in [3.05, 3.63) is 22.8 Å². The van der Waals surface area contributed by atoms with Gasteiger partial charge in [0.05, 0.1) is 0 Å². The highest BCUT2D eigenvalue weighted by Crippen LogP contribution is 2.28. The van der Waals surface area contributed by atoms with Crippen molar-refractivity contribution in [1.82, 2.24) is 4.98 Å². The normalized spacial score (nSPS) is 11.7. The molecule has 12 heavy (non-hydrogen) atoms. The summed E-state index contributed by atoms with van der Waals surface area (Å²) in [5.74, 6) is 0.466. The molecule has 2 N–H and O–H groups in total. The van der Waals surface area contributed by atoms with E-state index < -0.39 is 0 Å². The van der Waals surface area contributed by atoms with E-state index in [4.69, 9.17) is 17.3 Å². The first-order valence-corrected chi connectivity index (χ1v) is 4.21. The second-order valence-corrected chi connectivity index (χ2v) is 4.18. The molecule has 2 nitrogen and oxygen atoms in total. The van der Waals surface area contributed by atoms with Gasteiger partial charge in [-0.25, -0.2) is 4.98 Å². The molecule has 0 aliphatic rings. The lowest BCUT2D eigenvalue weighted by Crippen LogP contribution is -2.12. The molecule has 0 fully saturated rings. The van der Waals surface area contributed by atoms with Crippen LogP contribution in [0.4, 0.5) is 5.82 Å². The number of nitrogens with zero attached hydrogens (tertiary/aromatic N) is 1. The first-order chi connectivity index (χ1) is 5.41. The first-order valence-electron chi connectivity index (χ1n) is 3.84. The Hall–Kier alpha value is -0.760. The van der Waals surface area contributed by atoms with E-state index in [2.05, 4.69) is 25.8 Å². The maximum absolute atomic E-state index is 5.92. The first kappa shape index (κ1) is 9.33. The van der Waals surface area contributed by atoms with E-state index in [1.165, 1.54) is 0 Å². The number of pyridine rings is 1. The summed E-state index contributed by atoms with van der Waals surface area (Å²) < 4.78 is 0. The van der Waals surface area contributed by atoms with Gasteiger partial charge in [-0.2, -0.15) is 0 Å². The zero-order valence-corrected chi connectivity index (χ0v) is 8.31. The molecule has 0 aliphatic heterocycles. The highest BCUT2D eigenvalue weighted by atomic mass is 35.5. The number of rotatable bonds is 0. The standard InChI is InChI=1S/C9H13ClN2/c1-9(2,3)6-4-5-7(11)12-8(6)10/h4-5H,1-3H3,(H2,11,12). The summed E-state index contributed by atoms with van der Waals surface area (Å²) in [6.07, 6.45) is 0. The minimum absolute atomic E-state index is 0.0256. The van der Waals surface area contributed by atoms with E-state index in [9.17, 15) is 0 Å². The lowest BCUT2D eigenvalue weighted by atomic mass is 9.88. The molecule has 0 aliphatic carbocycles. The molecule has 0 saturated carbocycles. The maximum Gasteiger partial charge on any atom is 0.135 e. The molecular weight excluding hydrogens is 172 g/mol. The topological polar surface area (TPSA) is 38.9 Å². The van der Waals surface area contributed by atoms with Crippen molar-refractivity contribution >= 4 is 17.4 Å². The average molecular weight is 185 g/mol. The predicted octanol–water partition coefficient (Wildman–Crippen LogP) is 2.61. The molecule has 0 aromatic carbocycles. The molecule has 1 aromatic rings. The number of hydrogen-bond acceptors (Lipinski definition) is 2. The number of hydrogen-bond donors (Lipinski definition) is 1. The van der Waals surface area contributed by atoms with Crippen LogP contribution in [0.25, 0.3) is 0 Å². The van der Waals surface area contributed by atoms with Crippen molar-refractivity contribution in [2.45, 2.75) is 26.2 Å². The number of aromatic nitrogens is 1. The van der Waals surface area contributed by atoms with Crippen LogP contribution in [0.5, 0.6) is 0 Å². The highest BCUT2D eigenvalue weighted by molar-refractivity contribution is 6.30. The Bertz CT molecular complexity index is 289. The fourth-order valence-corrected chi connectivity index (χ4v) is 1.45. The molecule has 0 unspecified atom stereocenters. The smallest absolute Gasteiger partial charge is 0.135 e. The fraction of sp³-hybridized carbons (Fsp3) is 0.444. The molecule has 66 valence electrons. The second-order valence-electron chi connectivity index (χ2n) is 3.82. The van der Waals surface area contributed by atoms with Crippen LogP contribution < -0.4 is 5.73 Å². The van der Waals surface area contributed by atoms with Gasteiger partial charge in [-0.15, -0.1) is 0 Å². The fourth-order valence-electron chi connectivity index (χ4n) is 1.01. The summed E-state index contributed by atoms with van der Waals surface area (Å²) in [5.41, 5.74) is 6.53. The van der Waals surface area contributed by atoms with Gasteiger partial charge < -0.3 is 5.73 Å². The van der Waals surface area contributed by atoms with Gasteiger partial charge in [0.15, 0.2) is 0 Å². The summed E-state index contributed by atoms with van der Waals surface area (Å²) in [5, 5.41) is 0.502. The summed E-state index contributed by atoms with van der Waals surface area (Å²) in [6.45, 7) is 6.27. The highest BCUT2D eigenvalue weighted by Gasteiger charge is 2.17. The molecule has 0 radical (unpaired) electrons. The Labute approximate surface area is 77.8 Å². The zero-order valence-electron chi connectivity index (χ0n) is 7.56. The zero-order chi connectivity index (χ0) is 9.35. The Morgan fingerprint density at radius 1 is 1.33 bits per heavy atom. The van der Waals surface area contributed by atoms with E-state index in [-0.39, 0.29) is 5.41 Å². The Morgan fingerprint density at radius 3 is 2.33 bits per heavy atom. The van der Waals surface area contributed by atoms with Gasteiger partial charge in [0, 0.05) is 0 Å². The summed E-state index contributed by atoms with van der Waals surface area (Å²) in [4.78, 5) is 3.98. The largest absolute Gasteiger partial charge is 0.384 e. The van der Waals surface area contributed by atoms with Gasteiger partial charge in [0.25, 0.3) is 0 Å². The molecule has 1 aromatic heterocycles. The summed E-state index contributed by atoms with van der Waals surface area (Å²) in [7, 11) is 0. The van der Waals surface area contributed by atoms with Crippen molar-refractivity contribution in [3.8, 4) is 0 Å². The van der Waals surface area contributed by atoms with Crippen molar-refractivity contribution in [1.29, 1.82) is 0 Å². The number of nitrogen functional groups attached to an aromatic ring is 1. The van der Waals surface area contributed by atoms with Crippen molar-refractivity contribution < 1.29 is 0 Å². The van der Waals surface area contributed by atoms with E-state index in [1.807, 2.05) is 6.07 Å². The van der Waals surface area contributed by atoms with Crippen LogP contribution in [0.1, 0.15) is 26.3 Å². The third-order valence-electron chi connectivity index (χ3n) is 1.68. The van der Waals surface area contributed by atoms with Crippen LogP contribution in [-0.2, 0) is 5.41 Å². The van der Waals surface area contributed by atoms with E-state index in [0.29, 0.717) is 11.0 Å². The van der Waals surface area contributed by atoms with Gasteiger partial charge in [0.2, 0.25) is 0 Å². The SMILES string of the molecule is CC(C)(C)c1ccc(N)nc1Cl. The van der Waals surface area contributed by atoms with Crippen LogP contribution in [0.2, 0.25) is 5.15 Å². The van der Waals surface area contributed by atoms with E-state index in [0.717, 1.165) is 5.56 Å². The molecule has 0 spiro atoms. The van der Waals surface area contributed by atoms with Gasteiger partial charge in [-0.1, -0.05) is 38.4 Å². The summed E-state index contributed by atoms with van der Waals surface area (Å²) in [6, 6.07) is 3.69. The predicted molar refractivity (Wildman–Crippen MR) is 52.4 cm³/mol. The number of halogens is 1. The average Bonchev–Trinajstić information content (AvgIpc) is 1.83. The molecule has 3 heteroatoms. The molecule has 0 saturated heterocycles. The van der Waals surface area contributed by atoms with Crippen LogP contribution in [-0.4, -0.2) is 4.98 Å². The lowest BCUT2D eigenvalue weighted by Gasteiger charge is -2.19. The molecule has 0 atom stereocenters. The maximum atomic E-state index is 5.92. The van der Waals surface area contributed by atoms with Crippen LogP contribution >= 0.6 is 11.6 Å². The number of nitrogens with two attached hydrogens (primary N) is 1. The van der Waals surface area contributed by atoms with Crippen LogP contribution in [0.15, 0.2) is 12.1 Å². The lowest BCUT2D eigenvalue weighted by molar-refractivity contribution is 0.588. The quantitative estimate of drug-likeness (QED) is 0.630. The van der Waals surface area contributed by atoms with Gasteiger partial charge in [-0.3, -0.25) is 0 Å². The Balaban J connectivity index is 3.19. The van der Waals surface area contributed by atoms with Crippen LogP contribution in [0, 0.1) is 0 Å². The Morgan fingerprint density at radius 2 is 1.92 bits per heavy atom. The molecule has 1 rings (SSSR count). The Kier molecular flexibility index (Phi) is 2.29. The molecule has 0 amide bonds. The van der Waals surface area contributed by atoms with E-state index in [1.54, 1.807) is 6.07 Å². The minimum Gasteiger partial charge on any atom is -0.384 e. The summed E-state index contributed by atoms with van der Waals surface area (Å²) >= 11 is 5.92. The van der Waals surface area contributed by atoms with Gasteiger partial charge in [-0.05, 0) is 17.0 Å². The van der Waals surface area contributed by atoms with Gasteiger partial charge in [0.1, 0.15) is 11.0 Å². The minimum atomic E-state index is 0.0256. The molecular formula is C9H13ClN2. The monoisotopic (exact) mass is 184 g/mol. The van der Waals surface area contributed by atoms with Crippen LogP contribution in [0.3, 0.4) is 0 Å². The van der Waals surface area contributed by atoms with Crippen molar-refractivity contribution in [2.24, 2.45) is 0 Å². The third-order valence-corrected chi connectivity index (χ3v) is 1.97. The van der Waals surface area contributed by atoms with Crippen molar-refractivity contribution in [2.75, 3.05) is 5.73 Å². The molecule has 0 bridgehead atoms. The molecule has 1 heterocycles. The third kappa shape index (κ3) is 1.89. The second kappa shape index (κ2) is 2.94. The number of anilines is 1.